The topological polar surface area (TPSA) is 87.1 Å². The number of hydrogen-bond acceptors (Lipinski definition) is 5. The SMILES string of the molecule is CCOc1cc(C2/C(=C(\O)c3ccc(Br)c(C)c3)C(=O)C(=O)N2c2cccc3ccccc23)ccc1O. The molecule has 2 N–H and O–H groups in total. The smallest absolute Gasteiger partial charge is 0.300 e. The summed E-state index contributed by atoms with van der Waals surface area (Å²) < 4.78 is 6.45. The van der Waals surface area contributed by atoms with E-state index in [0.717, 1.165) is 20.8 Å². The molecule has 0 radical (unpaired) electrons. The van der Waals surface area contributed by atoms with Crippen molar-refractivity contribution in [2.75, 3.05) is 11.5 Å². The van der Waals surface area contributed by atoms with E-state index in [2.05, 4.69) is 15.9 Å². The van der Waals surface area contributed by atoms with Gasteiger partial charge in [-0.2, -0.15) is 0 Å². The maximum atomic E-state index is 13.6. The van der Waals surface area contributed by atoms with E-state index in [-0.39, 0.29) is 22.8 Å². The molecular formula is C30H24BrNO5. The molecule has 1 amide bonds. The summed E-state index contributed by atoms with van der Waals surface area (Å²) in [5.41, 5.74) is 2.32. The number of fused-ring (bicyclic) bond motifs is 1. The van der Waals surface area contributed by atoms with Gasteiger partial charge in [0.1, 0.15) is 5.76 Å². The highest BCUT2D eigenvalue weighted by atomic mass is 79.9. The van der Waals surface area contributed by atoms with Gasteiger partial charge in [0.15, 0.2) is 11.5 Å². The normalized spacial score (nSPS) is 16.9. The molecule has 0 spiro atoms. The van der Waals surface area contributed by atoms with Crippen LogP contribution in [0.5, 0.6) is 11.5 Å². The molecule has 1 unspecified atom stereocenters. The van der Waals surface area contributed by atoms with E-state index in [0.29, 0.717) is 23.4 Å². The van der Waals surface area contributed by atoms with Crippen LogP contribution in [0.4, 0.5) is 5.69 Å². The van der Waals surface area contributed by atoms with Crippen molar-refractivity contribution in [1.82, 2.24) is 0 Å². The van der Waals surface area contributed by atoms with Gasteiger partial charge in [0.2, 0.25) is 0 Å². The quantitative estimate of drug-likeness (QED) is 0.163. The lowest BCUT2D eigenvalue weighted by molar-refractivity contribution is -0.132. The molecule has 5 rings (SSSR count). The second-order valence-electron chi connectivity index (χ2n) is 8.79. The maximum Gasteiger partial charge on any atom is 0.300 e. The number of aliphatic hydroxyl groups excluding tert-OH is 1. The van der Waals surface area contributed by atoms with Gasteiger partial charge in [-0.1, -0.05) is 64.5 Å². The van der Waals surface area contributed by atoms with Crippen LogP contribution in [-0.2, 0) is 9.59 Å². The van der Waals surface area contributed by atoms with Crippen molar-refractivity contribution in [3.63, 3.8) is 0 Å². The number of phenols is 1. The Bertz CT molecular complexity index is 1590. The summed E-state index contributed by atoms with van der Waals surface area (Å²) in [6.45, 7) is 3.99. The highest BCUT2D eigenvalue weighted by molar-refractivity contribution is 9.10. The van der Waals surface area contributed by atoms with E-state index < -0.39 is 17.7 Å². The van der Waals surface area contributed by atoms with Crippen LogP contribution >= 0.6 is 15.9 Å². The standard InChI is InChI=1S/C30H24BrNO5/c1-3-37-25-16-19(12-14-24(25)33)27-26(28(34)20-11-13-22(31)17(2)15-20)29(35)30(36)32(27)23-10-6-8-18-7-4-5-9-21(18)23/h4-16,27,33-34H,3H2,1-2H3/b28-26+. The van der Waals surface area contributed by atoms with Crippen molar-refractivity contribution in [3.05, 3.63) is 106 Å². The number of nitrogens with zero attached hydrogens (tertiary/aromatic N) is 1. The summed E-state index contributed by atoms with van der Waals surface area (Å²) in [7, 11) is 0. The Kier molecular flexibility index (Phi) is 6.48. The fourth-order valence-corrected chi connectivity index (χ4v) is 4.98. The molecule has 1 fully saturated rings. The van der Waals surface area contributed by atoms with Gasteiger partial charge in [0.05, 0.1) is 23.9 Å². The molecule has 0 aliphatic carbocycles. The number of rotatable bonds is 5. The van der Waals surface area contributed by atoms with Gasteiger partial charge in [-0.25, -0.2) is 0 Å². The number of carbonyl (C=O) groups excluding carboxylic acids is 2. The van der Waals surface area contributed by atoms with E-state index in [1.807, 2.05) is 43.3 Å². The Morgan fingerprint density at radius 3 is 2.51 bits per heavy atom. The summed E-state index contributed by atoms with van der Waals surface area (Å²) in [6.07, 6.45) is 0. The van der Waals surface area contributed by atoms with Gasteiger partial charge >= 0.3 is 0 Å². The fraction of sp³-hybridized carbons (Fsp3) is 0.133. The largest absolute Gasteiger partial charge is 0.507 e. The van der Waals surface area contributed by atoms with Crippen molar-refractivity contribution in [1.29, 1.82) is 0 Å². The lowest BCUT2D eigenvalue weighted by atomic mass is 9.94. The minimum atomic E-state index is -0.949. The van der Waals surface area contributed by atoms with Crippen molar-refractivity contribution in [2.24, 2.45) is 0 Å². The number of phenolic OH excluding ortho intramolecular Hbond substituents is 1. The first kappa shape index (κ1) is 24.6. The molecule has 1 aliphatic rings. The van der Waals surface area contributed by atoms with Crippen molar-refractivity contribution >= 4 is 49.8 Å². The second kappa shape index (κ2) is 9.75. The lowest BCUT2D eigenvalue weighted by Crippen LogP contribution is -2.29. The maximum absolute atomic E-state index is 13.6. The number of ether oxygens (including phenoxy) is 1. The molecule has 0 saturated carbocycles. The summed E-state index contributed by atoms with van der Waals surface area (Å²) in [4.78, 5) is 28.6. The zero-order valence-corrected chi connectivity index (χ0v) is 21.8. The zero-order valence-electron chi connectivity index (χ0n) is 20.2. The average molecular weight is 558 g/mol. The minimum Gasteiger partial charge on any atom is -0.507 e. The number of aliphatic hydroxyl groups is 1. The summed E-state index contributed by atoms with van der Waals surface area (Å²) in [5, 5.41) is 23.5. The van der Waals surface area contributed by atoms with Gasteiger partial charge in [-0.05, 0) is 60.7 Å². The second-order valence-corrected chi connectivity index (χ2v) is 9.65. The minimum absolute atomic E-state index is 0.0344. The number of carbonyl (C=O) groups is 2. The molecule has 6 nitrogen and oxygen atoms in total. The third-order valence-electron chi connectivity index (χ3n) is 6.50. The van der Waals surface area contributed by atoms with Crippen molar-refractivity contribution in [3.8, 4) is 11.5 Å². The van der Waals surface area contributed by atoms with Crippen LogP contribution in [-0.4, -0.2) is 28.5 Å². The average Bonchev–Trinajstić information content (AvgIpc) is 3.16. The molecule has 7 heteroatoms. The number of anilines is 1. The predicted molar refractivity (Wildman–Crippen MR) is 147 cm³/mol. The van der Waals surface area contributed by atoms with Gasteiger partial charge in [-0.15, -0.1) is 0 Å². The number of ketones is 1. The Hall–Kier alpha value is -4.10. The summed E-state index contributed by atoms with van der Waals surface area (Å²) in [6, 6.07) is 22.1. The van der Waals surface area contributed by atoms with Gasteiger partial charge in [-0.3, -0.25) is 14.5 Å². The van der Waals surface area contributed by atoms with E-state index in [1.54, 1.807) is 43.3 Å². The summed E-state index contributed by atoms with van der Waals surface area (Å²) >= 11 is 3.46. The van der Waals surface area contributed by atoms with Crippen LogP contribution < -0.4 is 9.64 Å². The van der Waals surface area contributed by atoms with E-state index in [1.165, 1.54) is 11.0 Å². The lowest BCUT2D eigenvalue weighted by Gasteiger charge is -2.27. The molecule has 1 aliphatic heterocycles. The molecule has 4 aromatic rings. The van der Waals surface area contributed by atoms with Crippen LogP contribution in [0.3, 0.4) is 0 Å². The van der Waals surface area contributed by atoms with Crippen molar-refractivity contribution in [2.45, 2.75) is 19.9 Å². The molecule has 1 saturated heterocycles. The van der Waals surface area contributed by atoms with E-state index >= 15 is 0 Å². The number of Topliss-reactive ketones (excluding diaryl/α,β-unsaturated/α-hetero) is 1. The third-order valence-corrected chi connectivity index (χ3v) is 7.39. The first-order valence-corrected chi connectivity index (χ1v) is 12.6. The number of benzene rings is 4. The molecular weight excluding hydrogens is 534 g/mol. The van der Waals surface area contributed by atoms with Crippen LogP contribution in [0, 0.1) is 6.92 Å². The Morgan fingerprint density at radius 2 is 1.76 bits per heavy atom. The highest BCUT2D eigenvalue weighted by Gasteiger charge is 2.47. The highest BCUT2D eigenvalue weighted by Crippen LogP contribution is 2.45. The van der Waals surface area contributed by atoms with Crippen LogP contribution in [0.1, 0.15) is 29.7 Å². The molecule has 1 atom stereocenters. The summed E-state index contributed by atoms with van der Waals surface area (Å²) in [5.74, 6) is -1.64. The number of amides is 1. The fourth-order valence-electron chi connectivity index (χ4n) is 4.73. The van der Waals surface area contributed by atoms with E-state index in [9.17, 15) is 19.8 Å². The van der Waals surface area contributed by atoms with Crippen molar-refractivity contribution < 1.29 is 24.5 Å². The zero-order chi connectivity index (χ0) is 26.3. The molecule has 1 heterocycles. The van der Waals surface area contributed by atoms with Crippen LogP contribution in [0.15, 0.2) is 88.9 Å². The molecule has 37 heavy (non-hydrogen) atoms. The number of aromatic hydroxyl groups is 1. The van der Waals surface area contributed by atoms with E-state index in [4.69, 9.17) is 4.74 Å². The molecule has 0 aromatic heterocycles. The molecule has 0 bridgehead atoms. The first-order chi connectivity index (χ1) is 17.8. The number of hydrogen-bond donors (Lipinski definition) is 2. The van der Waals surface area contributed by atoms with Gasteiger partial charge < -0.3 is 14.9 Å². The Balaban J connectivity index is 1.79. The molecule has 4 aromatic carbocycles. The first-order valence-electron chi connectivity index (χ1n) is 11.8. The predicted octanol–water partition coefficient (Wildman–Crippen LogP) is 6.64. The Labute approximate surface area is 222 Å². The monoisotopic (exact) mass is 557 g/mol. The van der Waals surface area contributed by atoms with Crippen LogP contribution in [0.25, 0.3) is 16.5 Å². The third kappa shape index (κ3) is 4.25. The number of halogens is 1. The van der Waals surface area contributed by atoms with Gasteiger partial charge in [0.25, 0.3) is 11.7 Å². The van der Waals surface area contributed by atoms with Gasteiger partial charge in [0, 0.05) is 15.4 Å². The molecule has 186 valence electrons. The van der Waals surface area contributed by atoms with Crippen LogP contribution in [0.2, 0.25) is 0 Å². The number of aryl methyl sites for hydroxylation is 1. The Morgan fingerprint density at radius 1 is 1.00 bits per heavy atom.